The molecule has 0 fully saturated rings. The van der Waals surface area contributed by atoms with Gasteiger partial charge in [0.25, 0.3) is 0 Å². The minimum absolute atomic E-state index is 0. The van der Waals surface area contributed by atoms with Crippen LogP contribution in [0.25, 0.3) is 0 Å². The Morgan fingerprint density at radius 3 is 2.11 bits per heavy atom. The normalized spacial score (nSPS) is 8.78. The zero-order chi connectivity index (χ0) is 6.15. The number of aromatic nitrogens is 2. The van der Waals surface area contributed by atoms with Crippen LogP contribution >= 0.6 is 0 Å². The topological polar surface area (TPSA) is 17.8 Å². The first-order valence-corrected chi connectivity index (χ1v) is 2.59. The predicted molar refractivity (Wildman–Crippen MR) is 31.5 cm³/mol. The van der Waals surface area contributed by atoms with Crippen LogP contribution in [-0.2, 0) is 27.5 Å². The standard InChI is InChI=1S/C6H9N2.Re/c1-5-4-7-8(3)6(5)2;/h1-3H3;/q-1;. The van der Waals surface area contributed by atoms with Gasteiger partial charge in [0.05, 0.1) is 0 Å². The summed E-state index contributed by atoms with van der Waals surface area (Å²) < 4.78 is 1.81. The fourth-order valence-electron chi connectivity index (χ4n) is 0.549. The van der Waals surface area contributed by atoms with Gasteiger partial charge in [0.15, 0.2) is 0 Å². The Kier molecular flexibility index (Phi) is 3.10. The summed E-state index contributed by atoms with van der Waals surface area (Å²) in [5, 5.41) is 3.91. The van der Waals surface area contributed by atoms with E-state index in [1.807, 2.05) is 25.6 Å². The van der Waals surface area contributed by atoms with Crippen molar-refractivity contribution in [2.75, 3.05) is 0 Å². The molecule has 9 heavy (non-hydrogen) atoms. The molecule has 3 heteroatoms. The van der Waals surface area contributed by atoms with Crippen molar-refractivity contribution in [3.05, 3.63) is 17.5 Å². The van der Waals surface area contributed by atoms with Crippen molar-refractivity contribution >= 4 is 0 Å². The monoisotopic (exact) mass is 296 g/mol. The van der Waals surface area contributed by atoms with Gasteiger partial charge in [-0.3, -0.25) is 0 Å². The molecule has 0 unspecified atom stereocenters. The van der Waals surface area contributed by atoms with E-state index in [4.69, 9.17) is 0 Å². The van der Waals surface area contributed by atoms with E-state index in [9.17, 15) is 0 Å². The second kappa shape index (κ2) is 3.15. The summed E-state index contributed by atoms with van der Waals surface area (Å²) in [6.07, 6.45) is 2.85. The van der Waals surface area contributed by atoms with Gasteiger partial charge in [-0.2, -0.15) is 5.56 Å². The fraction of sp³-hybridized carbons (Fsp3) is 0.500. The van der Waals surface area contributed by atoms with Crippen LogP contribution in [0.2, 0.25) is 0 Å². The van der Waals surface area contributed by atoms with Crippen molar-refractivity contribution < 1.29 is 20.4 Å². The molecule has 0 saturated carbocycles. The molecule has 0 amide bonds. The van der Waals surface area contributed by atoms with E-state index in [2.05, 4.69) is 11.3 Å². The number of hydrogen-bond acceptors (Lipinski definition) is 1. The molecule has 0 aliphatic heterocycles. The van der Waals surface area contributed by atoms with Gasteiger partial charge in [0.2, 0.25) is 0 Å². The Bertz CT molecular complexity index is 173. The average molecular weight is 295 g/mol. The van der Waals surface area contributed by atoms with Crippen molar-refractivity contribution in [2.24, 2.45) is 7.05 Å². The van der Waals surface area contributed by atoms with Gasteiger partial charge in [-0.05, 0) is 0 Å². The Morgan fingerprint density at radius 1 is 1.44 bits per heavy atom. The van der Waals surface area contributed by atoms with E-state index < -0.39 is 0 Å². The molecule has 0 spiro atoms. The molecule has 0 aliphatic carbocycles. The van der Waals surface area contributed by atoms with Gasteiger partial charge in [0.1, 0.15) is 0 Å². The van der Waals surface area contributed by atoms with Crippen LogP contribution < -0.4 is 0 Å². The average Bonchev–Trinajstić information content (AvgIpc) is 1.98. The molecule has 1 aromatic rings. The third kappa shape index (κ3) is 1.64. The van der Waals surface area contributed by atoms with Gasteiger partial charge in [0, 0.05) is 27.5 Å². The summed E-state index contributed by atoms with van der Waals surface area (Å²) in [6, 6.07) is 0. The summed E-state index contributed by atoms with van der Waals surface area (Å²) in [6.45, 7) is 4.03. The minimum atomic E-state index is 0. The summed E-state index contributed by atoms with van der Waals surface area (Å²) in [7, 11) is 1.92. The molecule has 1 radical (unpaired) electrons. The van der Waals surface area contributed by atoms with E-state index in [1.54, 1.807) is 0 Å². The zero-order valence-corrected chi connectivity index (χ0v) is 8.49. The molecule has 2 nitrogen and oxygen atoms in total. The maximum Gasteiger partial charge on any atom is 0.00897 e. The van der Waals surface area contributed by atoms with Crippen LogP contribution in [-0.4, -0.2) is 9.78 Å². The van der Waals surface area contributed by atoms with Gasteiger partial charge in [-0.15, -0.1) is 11.9 Å². The van der Waals surface area contributed by atoms with E-state index in [0.29, 0.717) is 0 Å². The van der Waals surface area contributed by atoms with Gasteiger partial charge < -0.3 is 9.78 Å². The predicted octanol–water partition coefficient (Wildman–Crippen LogP) is 0.835. The molecular weight excluding hydrogens is 286 g/mol. The number of hydrogen-bond donors (Lipinski definition) is 0. The molecule has 1 heterocycles. The van der Waals surface area contributed by atoms with E-state index in [1.165, 1.54) is 5.69 Å². The van der Waals surface area contributed by atoms with Crippen LogP contribution in [0, 0.1) is 20.0 Å². The minimum Gasteiger partial charge on any atom is -0.369 e. The van der Waals surface area contributed by atoms with Crippen molar-refractivity contribution in [2.45, 2.75) is 13.8 Å². The van der Waals surface area contributed by atoms with Crippen LogP contribution in [0.3, 0.4) is 0 Å². The van der Waals surface area contributed by atoms with E-state index >= 15 is 0 Å². The summed E-state index contributed by atoms with van der Waals surface area (Å²) in [4.78, 5) is 0. The van der Waals surface area contributed by atoms with E-state index in [-0.39, 0.29) is 20.4 Å². The largest absolute Gasteiger partial charge is 0.369 e. The Hall–Kier alpha value is -0.128. The summed E-state index contributed by atoms with van der Waals surface area (Å²) >= 11 is 0. The van der Waals surface area contributed by atoms with Crippen molar-refractivity contribution in [3.8, 4) is 0 Å². The summed E-state index contributed by atoms with van der Waals surface area (Å²) in [5.74, 6) is 0. The van der Waals surface area contributed by atoms with Crippen LogP contribution in [0.1, 0.15) is 11.3 Å². The first-order valence-electron chi connectivity index (χ1n) is 2.59. The zero-order valence-electron chi connectivity index (χ0n) is 5.77. The molecule has 1 rings (SSSR count). The van der Waals surface area contributed by atoms with Crippen LogP contribution in [0.4, 0.5) is 0 Å². The molecular formula is C6H9N2Re-. The maximum absolute atomic E-state index is 3.91. The Labute approximate surface area is 68.9 Å². The SMILES string of the molecule is Cc1[c-]nn(C)c1C.[Re]. The van der Waals surface area contributed by atoms with Gasteiger partial charge >= 0.3 is 0 Å². The van der Waals surface area contributed by atoms with Crippen molar-refractivity contribution in [3.63, 3.8) is 0 Å². The van der Waals surface area contributed by atoms with Gasteiger partial charge in [-0.1, -0.05) is 13.8 Å². The molecule has 0 atom stereocenters. The molecule has 1 aromatic heterocycles. The number of aryl methyl sites for hydroxylation is 2. The summed E-state index contributed by atoms with van der Waals surface area (Å²) in [5.41, 5.74) is 2.32. The van der Waals surface area contributed by atoms with Crippen molar-refractivity contribution in [1.29, 1.82) is 0 Å². The first-order chi connectivity index (χ1) is 3.72. The molecule has 0 aromatic carbocycles. The number of nitrogens with zero attached hydrogens (tertiary/aromatic N) is 2. The Morgan fingerprint density at radius 2 is 2.00 bits per heavy atom. The molecule has 0 N–H and O–H groups in total. The third-order valence-corrected chi connectivity index (χ3v) is 1.40. The number of rotatable bonds is 0. The smallest absolute Gasteiger partial charge is 0.00897 e. The quantitative estimate of drug-likeness (QED) is 0.649. The van der Waals surface area contributed by atoms with Crippen LogP contribution in [0.15, 0.2) is 0 Å². The van der Waals surface area contributed by atoms with Gasteiger partial charge in [-0.25, -0.2) is 0 Å². The molecule has 0 aliphatic rings. The fourth-order valence-corrected chi connectivity index (χ4v) is 0.549. The maximum atomic E-state index is 3.91. The van der Waals surface area contributed by atoms with E-state index in [0.717, 1.165) is 5.56 Å². The second-order valence-electron chi connectivity index (χ2n) is 1.95. The third-order valence-electron chi connectivity index (χ3n) is 1.40. The second-order valence-corrected chi connectivity index (χ2v) is 1.95. The molecule has 0 bridgehead atoms. The van der Waals surface area contributed by atoms with Crippen LogP contribution in [0.5, 0.6) is 0 Å². The van der Waals surface area contributed by atoms with Crippen molar-refractivity contribution in [1.82, 2.24) is 9.78 Å². The Balaban J connectivity index is 0.000000640. The molecule has 0 saturated heterocycles. The molecule has 51 valence electrons. The first kappa shape index (κ1) is 8.87.